The van der Waals surface area contributed by atoms with Crippen LogP contribution in [0.4, 0.5) is 11.4 Å². The Kier molecular flexibility index (Phi) is 4.81. The molecule has 0 saturated carbocycles. The van der Waals surface area contributed by atoms with Gasteiger partial charge in [-0.25, -0.2) is 4.90 Å². The summed E-state index contributed by atoms with van der Waals surface area (Å²) in [5.41, 5.74) is 1.14. The van der Waals surface area contributed by atoms with Crippen molar-refractivity contribution in [3.05, 3.63) is 47.5 Å². The summed E-state index contributed by atoms with van der Waals surface area (Å²) in [5.74, 6) is 0.533. The van der Waals surface area contributed by atoms with Crippen LogP contribution in [0.5, 0.6) is 11.5 Å². The van der Waals surface area contributed by atoms with Crippen molar-refractivity contribution in [1.82, 2.24) is 0 Å². The number of carbonyl (C=O) groups is 2. The zero-order chi connectivity index (χ0) is 18.0. The first-order valence-electron chi connectivity index (χ1n) is 7.64. The number of hydrogen-bond donors (Lipinski definition) is 1. The third-order valence-electron chi connectivity index (χ3n) is 3.94. The van der Waals surface area contributed by atoms with Crippen LogP contribution >= 0.6 is 11.6 Å². The number of imide groups is 1. The molecule has 2 aromatic carbocycles. The quantitative estimate of drug-likeness (QED) is 0.830. The van der Waals surface area contributed by atoms with E-state index in [1.54, 1.807) is 49.6 Å². The van der Waals surface area contributed by atoms with E-state index in [9.17, 15) is 9.59 Å². The molecule has 0 aliphatic carbocycles. The number of amides is 2. The van der Waals surface area contributed by atoms with Crippen molar-refractivity contribution in [2.45, 2.75) is 12.5 Å². The fourth-order valence-corrected chi connectivity index (χ4v) is 2.94. The second kappa shape index (κ2) is 7.03. The lowest BCUT2D eigenvalue weighted by atomic mass is 10.2. The van der Waals surface area contributed by atoms with E-state index in [-0.39, 0.29) is 18.2 Å². The Labute approximate surface area is 150 Å². The van der Waals surface area contributed by atoms with Crippen LogP contribution < -0.4 is 19.7 Å². The Hall–Kier alpha value is -2.73. The number of halogens is 1. The molecular formula is C18H17ClN2O4. The lowest BCUT2D eigenvalue weighted by Gasteiger charge is -2.17. The Balaban J connectivity index is 1.81. The van der Waals surface area contributed by atoms with Gasteiger partial charge in [-0.2, -0.15) is 0 Å². The second-order valence-electron chi connectivity index (χ2n) is 5.52. The number of anilines is 2. The van der Waals surface area contributed by atoms with Crippen LogP contribution in [0.25, 0.3) is 0 Å². The molecule has 6 nitrogen and oxygen atoms in total. The van der Waals surface area contributed by atoms with Crippen LogP contribution in [-0.4, -0.2) is 32.1 Å². The predicted octanol–water partition coefficient (Wildman–Crippen LogP) is 3.10. The molecule has 1 atom stereocenters. The van der Waals surface area contributed by atoms with E-state index in [0.29, 0.717) is 27.9 Å². The van der Waals surface area contributed by atoms with Gasteiger partial charge in [0.25, 0.3) is 5.91 Å². The van der Waals surface area contributed by atoms with Gasteiger partial charge in [0.1, 0.15) is 6.04 Å². The minimum absolute atomic E-state index is 0.0691. The van der Waals surface area contributed by atoms with Crippen molar-refractivity contribution in [3.63, 3.8) is 0 Å². The molecule has 0 spiro atoms. The molecule has 0 bridgehead atoms. The maximum atomic E-state index is 12.7. The summed E-state index contributed by atoms with van der Waals surface area (Å²) in [7, 11) is 3.08. The van der Waals surface area contributed by atoms with E-state index in [2.05, 4.69) is 5.32 Å². The molecular weight excluding hydrogens is 344 g/mol. The van der Waals surface area contributed by atoms with Crippen LogP contribution in [0.1, 0.15) is 6.42 Å². The summed E-state index contributed by atoms with van der Waals surface area (Å²) in [4.78, 5) is 26.1. The lowest BCUT2D eigenvalue weighted by Crippen LogP contribution is -2.34. The van der Waals surface area contributed by atoms with Gasteiger partial charge in [-0.1, -0.05) is 17.7 Å². The molecule has 3 rings (SSSR count). The topological polar surface area (TPSA) is 67.9 Å². The monoisotopic (exact) mass is 360 g/mol. The summed E-state index contributed by atoms with van der Waals surface area (Å²) in [6.45, 7) is 0. The van der Waals surface area contributed by atoms with Crippen LogP contribution in [-0.2, 0) is 9.59 Å². The fraction of sp³-hybridized carbons (Fsp3) is 0.222. The highest BCUT2D eigenvalue weighted by atomic mass is 35.5. The Morgan fingerprint density at radius 2 is 1.84 bits per heavy atom. The number of rotatable bonds is 5. The minimum atomic E-state index is -0.649. The van der Waals surface area contributed by atoms with Crippen molar-refractivity contribution >= 4 is 34.8 Å². The van der Waals surface area contributed by atoms with Gasteiger partial charge in [-0.3, -0.25) is 9.59 Å². The molecule has 1 aliphatic rings. The van der Waals surface area contributed by atoms with E-state index in [0.717, 1.165) is 4.90 Å². The zero-order valence-corrected chi connectivity index (χ0v) is 14.5. The number of carbonyl (C=O) groups excluding carboxylic acids is 2. The number of nitrogens with zero attached hydrogens (tertiary/aromatic N) is 1. The predicted molar refractivity (Wildman–Crippen MR) is 95.5 cm³/mol. The van der Waals surface area contributed by atoms with Gasteiger partial charge in [0.15, 0.2) is 11.5 Å². The van der Waals surface area contributed by atoms with Gasteiger partial charge in [0, 0.05) is 16.8 Å². The normalized spacial score (nSPS) is 16.9. The summed E-state index contributed by atoms with van der Waals surface area (Å²) < 4.78 is 10.4. The molecule has 1 saturated heterocycles. The molecule has 2 aromatic rings. The Bertz CT molecular complexity index is 824. The Morgan fingerprint density at radius 1 is 1.08 bits per heavy atom. The summed E-state index contributed by atoms with van der Waals surface area (Å²) in [6.07, 6.45) is 0.0691. The largest absolute Gasteiger partial charge is 0.493 e. The average Bonchev–Trinajstić information content (AvgIpc) is 2.88. The number of methoxy groups -OCH3 is 2. The van der Waals surface area contributed by atoms with Gasteiger partial charge in [-0.05, 0) is 30.3 Å². The molecule has 0 aromatic heterocycles. The minimum Gasteiger partial charge on any atom is -0.493 e. The highest BCUT2D eigenvalue weighted by Gasteiger charge is 2.39. The maximum absolute atomic E-state index is 12.7. The summed E-state index contributed by atoms with van der Waals surface area (Å²) in [6, 6.07) is 11.2. The molecule has 1 heterocycles. The van der Waals surface area contributed by atoms with Gasteiger partial charge in [-0.15, -0.1) is 0 Å². The number of nitrogens with one attached hydrogen (secondary N) is 1. The summed E-state index contributed by atoms with van der Waals surface area (Å²) >= 11 is 5.96. The molecule has 1 aliphatic heterocycles. The third-order valence-corrected chi connectivity index (χ3v) is 4.17. The molecule has 2 amide bonds. The zero-order valence-electron chi connectivity index (χ0n) is 13.8. The standard InChI is InChI=1S/C18H17ClN2O4/c1-24-15-7-6-12(9-16(15)25-2)20-14-10-17(22)21(18(14)23)13-5-3-4-11(19)8-13/h3-9,14,20H,10H2,1-2H3/t14-/m0/s1. The lowest BCUT2D eigenvalue weighted by molar-refractivity contribution is -0.121. The van der Waals surface area contributed by atoms with E-state index >= 15 is 0 Å². The molecule has 25 heavy (non-hydrogen) atoms. The number of hydrogen-bond acceptors (Lipinski definition) is 5. The molecule has 1 fully saturated rings. The highest BCUT2D eigenvalue weighted by Crippen LogP contribution is 2.32. The van der Waals surface area contributed by atoms with Crippen LogP contribution in [0.3, 0.4) is 0 Å². The number of ether oxygens (including phenoxy) is 2. The average molecular weight is 361 g/mol. The SMILES string of the molecule is COc1ccc(N[C@H]2CC(=O)N(c3cccc(Cl)c3)C2=O)cc1OC. The van der Waals surface area contributed by atoms with Gasteiger partial charge in [0.05, 0.1) is 26.3 Å². The molecule has 7 heteroatoms. The van der Waals surface area contributed by atoms with Gasteiger partial charge in [0.2, 0.25) is 5.91 Å². The van der Waals surface area contributed by atoms with Crippen LogP contribution in [0.2, 0.25) is 5.02 Å². The van der Waals surface area contributed by atoms with Crippen LogP contribution in [0.15, 0.2) is 42.5 Å². The van der Waals surface area contributed by atoms with E-state index in [1.165, 1.54) is 7.11 Å². The smallest absolute Gasteiger partial charge is 0.256 e. The first-order chi connectivity index (χ1) is 12.0. The second-order valence-corrected chi connectivity index (χ2v) is 5.95. The van der Waals surface area contributed by atoms with E-state index in [4.69, 9.17) is 21.1 Å². The van der Waals surface area contributed by atoms with E-state index in [1.807, 2.05) is 0 Å². The number of benzene rings is 2. The third kappa shape index (κ3) is 3.39. The summed E-state index contributed by atoms with van der Waals surface area (Å²) in [5, 5.41) is 3.55. The van der Waals surface area contributed by atoms with E-state index < -0.39 is 6.04 Å². The molecule has 130 valence electrons. The van der Waals surface area contributed by atoms with Crippen LogP contribution in [0, 0.1) is 0 Å². The molecule has 1 N–H and O–H groups in total. The maximum Gasteiger partial charge on any atom is 0.256 e. The molecule has 0 radical (unpaired) electrons. The first-order valence-corrected chi connectivity index (χ1v) is 8.02. The van der Waals surface area contributed by atoms with Crippen molar-refractivity contribution in [2.75, 3.05) is 24.4 Å². The van der Waals surface area contributed by atoms with Crippen molar-refractivity contribution in [3.8, 4) is 11.5 Å². The van der Waals surface area contributed by atoms with Gasteiger partial charge >= 0.3 is 0 Å². The fourth-order valence-electron chi connectivity index (χ4n) is 2.76. The van der Waals surface area contributed by atoms with Crippen molar-refractivity contribution < 1.29 is 19.1 Å². The van der Waals surface area contributed by atoms with Gasteiger partial charge < -0.3 is 14.8 Å². The molecule has 0 unspecified atom stereocenters. The van der Waals surface area contributed by atoms with Crippen molar-refractivity contribution in [1.29, 1.82) is 0 Å². The van der Waals surface area contributed by atoms with Crippen molar-refractivity contribution in [2.24, 2.45) is 0 Å². The highest BCUT2D eigenvalue weighted by molar-refractivity contribution is 6.31. The first kappa shape index (κ1) is 17.1. The Morgan fingerprint density at radius 3 is 2.52 bits per heavy atom.